The summed E-state index contributed by atoms with van der Waals surface area (Å²) in [4.78, 5) is 16.7. The number of para-hydroxylation sites is 1. The lowest BCUT2D eigenvalue weighted by atomic mass is 10.1. The normalized spacial score (nSPS) is 10.5. The zero-order valence-corrected chi connectivity index (χ0v) is 14.6. The molecule has 0 aliphatic carbocycles. The number of nitrogens with one attached hydrogen (secondary N) is 2. The lowest BCUT2D eigenvalue weighted by molar-refractivity contribution is -0.115. The van der Waals surface area contributed by atoms with Crippen LogP contribution in [0.25, 0.3) is 0 Å². The minimum absolute atomic E-state index is 0.0977. The Morgan fingerprint density at radius 2 is 1.92 bits per heavy atom. The van der Waals surface area contributed by atoms with E-state index in [9.17, 15) is 9.18 Å². The van der Waals surface area contributed by atoms with E-state index in [1.807, 2.05) is 29.6 Å². The topological polar surface area (TPSA) is 54.0 Å². The van der Waals surface area contributed by atoms with Crippen LogP contribution in [-0.2, 0) is 17.6 Å². The van der Waals surface area contributed by atoms with Crippen molar-refractivity contribution in [2.24, 2.45) is 0 Å². The number of aryl methyl sites for hydroxylation is 1. The van der Waals surface area contributed by atoms with Crippen molar-refractivity contribution in [1.82, 2.24) is 4.98 Å². The Kier molecular flexibility index (Phi) is 5.40. The molecule has 25 heavy (non-hydrogen) atoms. The van der Waals surface area contributed by atoms with E-state index in [4.69, 9.17) is 0 Å². The van der Waals surface area contributed by atoms with Crippen molar-refractivity contribution in [2.75, 3.05) is 10.6 Å². The predicted octanol–water partition coefficient (Wildman–Crippen LogP) is 4.77. The third-order valence-corrected chi connectivity index (χ3v) is 4.47. The number of thiazole rings is 1. The Balaban J connectivity index is 1.61. The molecule has 0 spiro atoms. The number of benzene rings is 2. The number of anilines is 3. The monoisotopic (exact) mass is 355 g/mol. The molecule has 1 aromatic heterocycles. The van der Waals surface area contributed by atoms with Crippen LogP contribution < -0.4 is 10.6 Å². The maximum absolute atomic E-state index is 12.9. The summed E-state index contributed by atoms with van der Waals surface area (Å²) in [6.45, 7) is 2.05. The minimum atomic E-state index is -0.283. The van der Waals surface area contributed by atoms with Crippen LogP contribution >= 0.6 is 11.3 Å². The van der Waals surface area contributed by atoms with Gasteiger partial charge in [0.2, 0.25) is 5.91 Å². The highest BCUT2D eigenvalue weighted by Crippen LogP contribution is 2.22. The number of amides is 1. The molecule has 0 unspecified atom stereocenters. The van der Waals surface area contributed by atoms with Gasteiger partial charge < -0.3 is 10.6 Å². The highest BCUT2D eigenvalue weighted by Gasteiger charge is 2.10. The second kappa shape index (κ2) is 7.90. The third-order valence-electron chi connectivity index (χ3n) is 3.66. The standard InChI is InChI=1S/C19H18FN3OS/c1-2-13-5-3-4-6-17(13)23-18(24)11-16-12-25-19(22-16)21-15-9-7-14(20)8-10-15/h3-10,12H,2,11H2,1H3,(H,21,22)(H,23,24). The minimum Gasteiger partial charge on any atom is -0.332 e. The second-order valence-electron chi connectivity index (χ2n) is 5.51. The van der Waals surface area contributed by atoms with Gasteiger partial charge in [0.15, 0.2) is 5.13 Å². The first-order valence-electron chi connectivity index (χ1n) is 7.99. The number of carbonyl (C=O) groups is 1. The van der Waals surface area contributed by atoms with E-state index in [2.05, 4.69) is 22.5 Å². The van der Waals surface area contributed by atoms with Crippen LogP contribution in [0.5, 0.6) is 0 Å². The van der Waals surface area contributed by atoms with Gasteiger partial charge in [0.25, 0.3) is 0 Å². The Morgan fingerprint density at radius 3 is 2.68 bits per heavy atom. The van der Waals surface area contributed by atoms with E-state index in [-0.39, 0.29) is 18.1 Å². The molecule has 2 N–H and O–H groups in total. The zero-order chi connectivity index (χ0) is 17.6. The lowest BCUT2D eigenvalue weighted by Gasteiger charge is -2.08. The summed E-state index contributed by atoms with van der Waals surface area (Å²) in [7, 11) is 0. The number of halogens is 1. The van der Waals surface area contributed by atoms with Crippen molar-refractivity contribution in [1.29, 1.82) is 0 Å². The van der Waals surface area contributed by atoms with Gasteiger partial charge >= 0.3 is 0 Å². The van der Waals surface area contributed by atoms with Crippen molar-refractivity contribution >= 4 is 33.8 Å². The smallest absolute Gasteiger partial charge is 0.230 e. The summed E-state index contributed by atoms with van der Waals surface area (Å²) < 4.78 is 12.9. The molecule has 0 saturated heterocycles. The second-order valence-corrected chi connectivity index (χ2v) is 6.37. The Bertz CT molecular complexity index is 861. The Hall–Kier alpha value is -2.73. The first-order valence-corrected chi connectivity index (χ1v) is 8.86. The fraction of sp³-hybridized carbons (Fsp3) is 0.158. The van der Waals surface area contributed by atoms with Crippen molar-refractivity contribution in [3.8, 4) is 0 Å². The van der Waals surface area contributed by atoms with Gasteiger partial charge in [0.1, 0.15) is 5.82 Å². The highest BCUT2D eigenvalue weighted by molar-refractivity contribution is 7.13. The molecule has 1 amide bonds. The van der Waals surface area contributed by atoms with Gasteiger partial charge in [-0.3, -0.25) is 4.79 Å². The van der Waals surface area contributed by atoms with Gasteiger partial charge in [-0.25, -0.2) is 9.37 Å². The number of carbonyl (C=O) groups excluding carboxylic acids is 1. The molecule has 0 fully saturated rings. The fourth-order valence-electron chi connectivity index (χ4n) is 2.41. The number of rotatable bonds is 6. The van der Waals surface area contributed by atoms with Crippen LogP contribution in [-0.4, -0.2) is 10.9 Å². The van der Waals surface area contributed by atoms with Crippen LogP contribution in [0.15, 0.2) is 53.9 Å². The molecule has 2 aromatic carbocycles. The van der Waals surface area contributed by atoms with Gasteiger partial charge in [0, 0.05) is 16.8 Å². The average Bonchev–Trinajstić information content (AvgIpc) is 3.04. The predicted molar refractivity (Wildman–Crippen MR) is 100.0 cm³/mol. The quantitative estimate of drug-likeness (QED) is 0.670. The highest BCUT2D eigenvalue weighted by atomic mass is 32.1. The van der Waals surface area contributed by atoms with Crippen LogP contribution in [0.4, 0.5) is 20.9 Å². The molecule has 0 bridgehead atoms. The van der Waals surface area contributed by atoms with Gasteiger partial charge in [-0.05, 0) is 42.3 Å². The molecular weight excluding hydrogens is 337 g/mol. The van der Waals surface area contributed by atoms with Crippen molar-refractivity contribution in [2.45, 2.75) is 19.8 Å². The van der Waals surface area contributed by atoms with Crippen molar-refractivity contribution in [3.05, 3.63) is 71.0 Å². The summed E-state index contributed by atoms with van der Waals surface area (Å²) in [5.41, 5.74) is 3.40. The molecule has 0 aliphatic heterocycles. The molecule has 4 nitrogen and oxygen atoms in total. The summed E-state index contributed by atoms with van der Waals surface area (Å²) in [6, 6.07) is 13.8. The van der Waals surface area contributed by atoms with Crippen LogP contribution in [0.1, 0.15) is 18.2 Å². The van der Waals surface area contributed by atoms with E-state index in [0.717, 1.165) is 23.4 Å². The van der Waals surface area contributed by atoms with E-state index < -0.39 is 0 Å². The molecule has 6 heteroatoms. The maximum Gasteiger partial charge on any atom is 0.230 e. The van der Waals surface area contributed by atoms with Gasteiger partial charge in [0.05, 0.1) is 12.1 Å². The van der Waals surface area contributed by atoms with Gasteiger partial charge in [-0.15, -0.1) is 11.3 Å². The fourth-order valence-corrected chi connectivity index (χ4v) is 3.14. The first-order chi connectivity index (χ1) is 12.1. The first kappa shape index (κ1) is 17.1. The van der Waals surface area contributed by atoms with Crippen molar-refractivity contribution < 1.29 is 9.18 Å². The van der Waals surface area contributed by atoms with Crippen LogP contribution in [0, 0.1) is 5.82 Å². The van der Waals surface area contributed by atoms with E-state index in [0.29, 0.717) is 10.8 Å². The lowest BCUT2D eigenvalue weighted by Crippen LogP contribution is -2.15. The average molecular weight is 355 g/mol. The number of nitrogens with zero attached hydrogens (tertiary/aromatic N) is 1. The summed E-state index contributed by atoms with van der Waals surface area (Å²) in [5, 5.41) is 8.55. The Morgan fingerprint density at radius 1 is 1.16 bits per heavy atom. The molecule has 0 aliphatic rings. The number of hydrogen-bond acceptors (Lipinski definition) is 4. The summed E-state index contributed by atoms with van der Waals surface area (Å²) in [5.74, 6) is -0.381. The van der Waals surface area contributed by atoms with Crippen LogP contribution in [0.3, 0.4) is 0 Å². The van der Waals surface area contributed by atoms with E-state index in [1.54, 1.807) is 12.1 Å². The van der Waals surface area contributed by atoms with Gasteiger partial charge in [-0.1, -0.05) is 25.1 Å². The molecule has 0 atom stereocenters. The molecule has 1 heterocycles. The van der Waals surface area contributed by atoms with E-state index >= 15 is 0 Å². The maximum atomic E-state index is 12.9. The number of hydrogen-bond donors (Lipinski definition) is 2. The summed E-state index contributed by atoms with van der Waals surface area (Å²) in [6.07, 6.45) is 1.07. The van der Waals surface area contributed by atoms with E-state index in [1.165, 1.54) is 23.5 Å². The third kappa shape index (κ3) is 4.64. The largest absolute Gasteiger partial charge is 0.332 e. The molecular formula is C19H18FN3OS. The molecule has 3 aromatic rings. The van der Waals surface area contributed by atoms with Crippen molar-refractivity contribution in [3.63, 3.8) is 0 Å². The summed E-state index contributed by atoms with van der Waals surface area (Å²) >= 11 is 1.41. The molecule has 3 rings (SSSR count). The molecule has 0 radical (unpaired) electrons. The van der Waals surface area contributed by atoms with Gasteiger partial charge in [-0.2, -0.15) is 0 Å². The molecule has 0 saturated carbocycles. The van der Waals surface area contributed by atoms with Crippen LogP contribution in [0.2, 0.25) is 0 Å². The molecule has 128 valence electrons. The number of aromatic nitrogens is 1. The SMILES string of the molecule is CCc1ccccc1NC(=O)Cc1csc(Nc2ccc(F)cc2)n1. The zero-order valence-electron chi connectivity index (χ0n) is 13.8. The Labute approximate surface area is 149 Å².